The highest BCUT2D eigenvalue weighted by Gasteiger charge is 2.22. The number of hydrogen-bond donors (Lipinski definition) is 1. The first-order chi connectivity index (χ1) is 8.22. The number of aromatic nitrogens is 2. The Morgan fingerprint density at radius 3 is 2.65 bits per heavy atom. The molecule has 0 bridgehead atoms. The van der Waals surface area contributed by atoms with E-state index in [9.17, 15) is 4.39 Å². The van der Waals surface area contributed by atoms with Crippen LogP contribution < -0.4 is 5.32 Å². The third kappa shape index (κ3) is 2.16. The predicted octanol–water partition coefficient (Wildman–Crippen LogP) is 2.80. The minimum Gasteiger partial charge on any atom is -0.366 e. The van der Waals surface area contributed by atoms with E-state index in [0.29, 0.717) is 6.04 Å². The summed E-state index contributed by atoms with van der Waals surface area (Å²) >= 11 is 0. The average Bonchev–Trinajstić information content (AvgIpc) is 3.03. The van der Waals surface area contributed by atoms with Crippen LogP contribution in [0.4, 0.5) is 10.2 Å². The molecule has 0 atom stereocenters. The van der Waals surface area contributed by atoms with E-state index >= 15 is 0 Å². The molecule has 1 N–H and O–H groups in total. The van der Waals surface area contributed by atoms with Crippen molar-refractivity contribution in [3.05, 3.63) is 36.1 Å². The lowest BCUT2D eigenvalue weighted by Crippen LogP contribution is -2.01. The van der Waals surface area contributed by atoms with Crippen LogP contribution in [0.3, 0.4) is 0 Å². The first-order valence-electron chi connectivity index (χ1n) is 5.79. The molecule has 0 aliphatic heterocycles. The van der Waals surface area contributed by atoms with E-state index in [4.69, 9.17) is 0 Å². The molecular weight excluding hydrogens is 217 g/mol. The first-order valence-corrected chi connectivity index (χ1v) is 5.79. The topological polar surface area (TPSA) is 29.9 Å². The second-order valence-electron chi connectivity index (χ2n) is 4.46. The fourth-order valence-corrected chi connectivity index (χ4v) is 1.87. The van der Waals surface area contributed by atoms with Gasteiger partial charge in [-0.3, -0.25) is 4.68 Å². The van der Waals surface area contributed by atoms with Crippen LogP contribution in [0.25, 0.3) is 11.3 Å². The lowest BCUT2D eigenvalue weighted by molar-refractivity contribution is 0.628. The van der Waals surface area contributed by atoms with Crippen molar-refractivity contribution >= 4 is 5.82 Å². The Bertz CT molecular complexity index is 526. The number of halogens is 1. The van der Waals surface area contributed by atoms with Gasteiger partial charge in [-0.25, -0.2) is 4.39 Å². The van der Waals surface area contributed by atoms with Gasteiger partial charge in [-0.15, -0.1) is 0 Å². The summed E-state index contributed by atoms with van der Waals surface area (Å²) in [4.78, 5) is 0. The zero-order chi connectivity index (χ0) is 11.8. The van der Waals surface area contributed by atoms with Crippen molar-refractivity contribution in [2.24, 2.45) is 7.05 Å². The van der Waals surface area contributed by atoms with Crippen LogP contribution in [-0.2, 0) is 7.05 Å². The minimum atomic E-state index is -0.216. The number of aryl methyl sites for hydroxylation is 1. The molecule has 3 rings (SSSR count). The largest absolute Gasteiger partial charge is 0.366 e. The van der Waals surface area contributed by atoms with Crippen molar-refractivity contribution in [3.8, 4) is 11.3 Å². The summed E-state index contributed by atoms with van der Waals surface area (Å²) in [5.74, 6) is 0.682. The zero-order valence-corrected chi connectivity index (χ0v) is 9.65. The van der Waals surface area contributed by atoms with Crippen LogP contribution in [0.2, 0.25) is 0 Å². The van der Waals surface area contributed by atoms with Gasteiger partial charge in [0, 0.05) is 24.7 Å². The summed E-state index contributed by atoms with van der Waals surface area (Å²) in [6, 6.07) is 9.07. The van der Waals surface area contributed by atoms with Gasteiger partial charge in [0.2, 0.25) is 0 Å². The average molecular weight is 231 g/mol. The molecule has 1 aliphatic rings. The van der Waals surface area contributed by atoms with Crippen LogP contribution in [0, 0.1) is 5.82 Å². The van der Waals surface area contributed by atoms with Gasteiger partial charge >= 0.3 is 0 Å². The molecule has 2 aromatic rings. The fourth-order valence-electron chi connectivity index (χ4n) is 1.87. The van der Waals surface area contributed by atoms with Crippen molar-refractivity contribution < 1.29 is 4.39 Å². The third-order valence-electron chi connectivity index (χ3n) is 2.95. The van der Waals surface area contributed by atoms with Crippen LogP contribution >= 0.6 is 0 Å². The summed E-state index contributed by atoms with van der Waals surface area (Å²) in [7, 11) is 1.90. The summed E-state index contributed by atoms with van der Waals surface area (Å²) in [6.45, 7) is 0. The highest BCUT2D eigenvalue weighted by atomic mass is 19.1. The smallest absolute Gasteiger partial charge is 0.148 e. The van der Waals surface area contributed by atoms with E-state index in [1.54, 1.807) is 12.1 Å². The maximum atomic E-state index is 12.9. The summed E-state index contributed by atoms with van der Waals surface area (Å²) < 4.78 is 14.7. The van der Waals surface area contributed by atoms with Crippen LogP contribution in [0.5, 0.6) is 0 Å². The van der Waals surface area contributed by atoms with Crippen LogP contribution in [0.15, 0.2) is 30.3 Å². The summed E-state index contributed by atoms with van der Waals surface area (Å²) in [5, 5.41) is 7.75. The lowest BCUT2D eigenvalue weighted by Gasteiger charge is -2.00. The number of rotatable bonds is 3. The monoisotopic (exact) mass is 231 g/mol. The molecule has 1 aromatic heterocycles. The lowest BCUT2D eigenvalue weighted by atomic mass is 10.1. The normalized spacial score (nSPS) is 14.9. The van der Waals surface area contributed by atoms with Gasteiger partial charge in [0.15, 0.2) is 0 Å². The van der Waals surface area contributed by atoms with Gasteiger partial charge in [0.25, 0.3) is 0 Å². The van der Waals surface area contributed by atoms with E-state index in [0.717, 1.165) is 17.1 Å². The Kier molecular flexibility index (Phi) is 2.35. The number of anilines is 1. The van der Waals surface area contributed by atoms with Crippen molar-refractivity contribution in [2.45, 2.75) is 18.9 Å². The summed E-state index contributed by atoms with van der Waals surface area (Å²) in [6.07, 6.45) is 2.45. The molecule has 1 aromatic carbocycles. The molecule has 17 heavy (non-hydrogen) atoms. The second kappa shape index (κ2) is 3.87. The molecule has 0 unspecified atom stereocenters. The molecule has 0 radical (unpaired) electrons. The SMILES string of the molecule is Cn1nc(NC2CC2)cc1-c1ccc(F)cc1. The Hall–Kier alpha value is -1.84. The molecule has 88 valence electrons. The van der Waals surface area contributed by atoms with Gasteiger partial charge in [0.05, 0.1) is 5.69 Å². The molecule has 1 saturated carbocycles. The van der Waals surface area contributed by atoms with Gasteiger partial charge in [-0.2, -0.15) is 5.10 Å². The van der Waals surface area contributed by atoms with E-state index in [2.05, 4.69) is 10.4 Å². The van der Waals surface area contributed by atoms with Crippen LogP contribution in [-0.4, -0.2) is 15.8 Å². The molecule has 1 aliphatic carbocycles. The van der Waals surface area contributed by atoms with E-state index in [1.807, 2.05) is 17.8 Å². The number of nitrogens with one attached hydrogen (secondary N) is 1. The Labute approximate surface area is 99.3 Å². The van der Waals surface area contributed by atoms with Crippen molar-refractivity contribution in [1.82, 2.24) is 9.78 Å². The van der Waals surface area contributed by atoms with Gasteiger partial charge in [0.1, 0.15) is 11.6 Å². The van der Waals surface area contributed by atoms with Crippen molar-refractivity contribution in [3.63, 3.8) is 0 Å². The van der Waals surface area contributed by atoms with Gasteiger partial charge in [-0.05, 0) is 37.1 Å². The molecule has 0 saturated heterocycles. The Balaban J connectivity index is 1.90. The second-order valence-corrected chi connectivity index (χ2v) is 4.46. The maximum absolute atomic E-state index is 12.9. The number of nitrogens with zero attached hydrogens (tertiary/aromatic N) is 2. The molecule has 1 fully saturated rings. The van der Waals surface area contributed by atoms with Crippen LogP contribution in [0.1, 0.15) is 12.8 Å². The van der Waals surface area contributed by atoms with E-state index in [-0.39, 0.29) is 5.82 Å². The molecule has 3 nitrogen and oxygen atoms in total. The fraction of sp³-hybridized carbons (Fsp3) is 0.308. The highest BCUT2D eigenvalue weighted by molar-refractivity contribution is 5.63. The minimum absolute atomic E-state index is 0.216. The number of benzene rings is 1. The van der Waals surface area contributed by atoms with E-state index < -0.39 is 0 Å². The highest BCUT2D eigenvalue weighted by Crippen LogP contribution is 2.27. The quantitative estimate of drug-likeness (QED) is 0.880. The molecule has 0 spiro atoms. The predicted molar refractivity (Wildman–Crippen MR) is 65.2 cm³/mol. The zero-order valence-electron chi connectivity index (χ0n) is 9.65. The number of hydrogen-bond acceptors (Lipinski definition) is 2. The van der Waals surface area contributed by atoms with E-state index in [1.165, 1.54) is 25.0 Å². The Morgan fingerprint density at radius 1 is 1.29 bits per heavy atom. The summed E-state index contributed by atoms with van der Waals surface area (Å²) in [5.41, 5.74) is 1.97. The van der Waals surface area contributed by atoms with Gasteiger partial charge < -0.3 is 5.32 Å². The standard InChI is InChI=1S/C13H14FN3/c1-17-12(9-2-4-10(14)5-3-9)8-13(16-17)15-11-6-7-11/h2-5,8,11H,6-7H2,1H3,(H,15,16). The third-order valence-corrected chi connectivity index (χ3v) is 2.95. The maximum Gasteiger partial charge on any atom is 0.148 e. The molecule has 0 amide bonds. The Morgan fingerprint density at radius 2 is 2.00 bits per heavy atom. The van der Waals surface area contributed by atoms with Gasteiger partial charge in [-0.1, -0.05) is 0 Å². The van der Waals surface area contributed by atoms with Crippen molar-refractivity contribution in [1.29, 1.82) is 0 Å². The molecule has 1 heterocycles. The molecular formula is C13H14FN3. The molecule has 4 heteroatoms. The van der Waals surface area contributed by atoms with Crippen molar-refractivity contribution in [2.75, 3.05) is 5.32 Å². The first kappa shape index (κ1) is 10.3.